The number of nitrogens with one attached hydrogen (secondary N) is 1. The third kappa shape index (κ3) is 4.40. The second-order valence-corrected chi connectivity index (χ2v) is 6.61. The Balaban J connectivity index is 1.72. The molecule has 0 aliphatic rings. The maximum Gasteiger partial charge on any atom is 0.344 e. The van der Waals surface area contributed by atoms with Crippen molar-refractivity contribution in [1.82, 2.24) is 14.8 Å². The highest BCUT2D eigenvalue weighted by atomic mass is 32.2. The monoisotopic (exact) mass is 385 g/mol. The molecule has 0 unspecified atom stereocenters. The molecule has 1 heterocycles. The van der Waals surface area contributed by atoms with Crippen LogP contribution in [-0.2, 0) is 6.54 Å². The van der Waals surface area contributed by atoms with Crippen molar-refractivity contribution < 1.29 is 14.3 Å². The maximum atomic E-state index is 12.5. The summed E-state index contributed by atoms with van der Waals surface area (Å²) in [7, 11) is 3.06. The number of rotatable bonds is 8. The van der Waals surface area contributed by atoms with Crippen LogP contribution in [0.3, 0.4) is 0 Å². The van der Waals surface area contributed by atoms with E-state index in [1.807, 2.05) is 30.3 Å². The van der Waals surface area contributed by atoms with Crippen LogP contribution in [0.15, 0.2) is 58.5 Å². The number of hydrogen-bond acceptors (Lipinski definition) is 6. The lowest BCUT2D eigenvalue weighted by Gasteiger charge is -2.09. The van der Waals surface area contributed by atoms with Gasteiger partial charge in [0.1, 0.15) is 0 Å². The summed E-state index contributed by atoms with van der Waals surface area (Å²) < 4.78 is 11.9. The highest BCUT2D eigenvalue weighted by Gasteiger charge is 2.15. The molecule has 140 valence electrons. The van der Waals surface area contributed by atoms with Crippen LogP contribution in [0.4, 0.5) is 0 Å². The minimum Gasteiger partial charge on any atom is -0.493 e. The number of H-pyrrole nitrogens is 1. The molecule has 1 aromatic heterocycles. The number of thioether (sulfide) groups is 1. The number of benzene rings is 2. The number of aromatic nitrogens is 3. The number of ketones is 1. The predicted molar refractivity (Wildman–Crippen MR) is 103 cm³/mol. The van der Waals surface area contributed by atoms with E-state index in [1.54, 1.807) is 25.3 Å². The number of hydrogen-bond donors (Lipinski definition) is 1. The number of ether oxygens (including phenoxy) is 2. The molecule has 0 radical (unpaired) electrons. The Morgan fingerprint density at radius 3 is 2.56 bits per heavy atom. The van der Waals surface area contributed by atoms with Crippen molar-refractivity contribution >= 4 is 17.5 Å². The molecule has 0 aliphatic heterocycles. The molecule has 0 atom stereocenters. The van der Waals surface area contributed by atoms with Crippen molar-refractivity contribution in [3.63, 3.8) is 0 Å². The summed E-state index contributed by atoms with van der Waals surface area (Å²) in [6.45, 7) is 0.392. The van der Waals surface area contributed by atoms with Crippen LogP contribution in [0, 0.1) is 0 Å². The van der Waals surface area contributed by atoms with Crippen LogP contribution in [0.1, 0.15) is 15.9 Å². The number of Topliss-reactive ketones (excluding diaryl/α,β-unsaturated/α-hetero) is 1. The zero-order valence-corrected chi connectivity index (χ0v) is 15.8. The number of carbonyl (C=O) groups is 1. The molecule has 0 saturated heterocycles. The molecular formula is C19H19N3O4S. The standard InChI is InChI=1S/C19H19N3O4S/c1-25-16-9-8-14(10-17(16)26-2)15(23)12-27-19-21-20-18(24)22(19)11-13-6-4-3-5-7-13/h3-10H,11-12H2,1-2H3,(H,20,24). The lowest BCUT2D eigenvalue weighted by Crippen LogP contribution is -2.18. The third-order valence-corrected chi connectivity index (χ3v) is 4.92. The lowest BCUT2D eigenvalue weighted by atomic mass is 10.1. The van der Waals surface area contributed by atoms with Gasteiger partial charge in [-0.15, -0.1) is 5.10 Å². The molecule has 0 saturated carbocycles. The molecule has 2 aromatic carbocycles. The Kier molecular flexibility index (Phi) is 5.97. The summed E-state index contributed by atoms with van der Waals surface area (Å²) >= 11 is 1.21. The van der Waals surface area contributed by atoms with Crippen molar-refractivity contribution in [2.75, 3.05) is 20.0 Å². The van der Waals surface area contributed by atoms with Gasteiger partial charge in [-0.05, 0) is 23.8 Å². The van der Waals surface area contributed by atoms with Crippen molar-refractivity contribution in [2.24, 2.45) is 0 Å². The minimum absolute atomic E-state index is 0.0948. The van der Waals surface area contributed by atoms with E-state index in [-0.39, 0.29) is 17.2 Å². The molecule has 27 heavy (non-hydrogen) atoms. The fraction of sp³-hybridized carbons (Fsp3) is 0.211. The summed E-state index contributed by atoms with van der Waals surface area (Å²) in [6, 6.07) is 14.6. The molecule has 0 fully saturated rings. The third-order valence-electron chi connectivity index (χ3n) is 3.94. The van der Waals surface area contributed by atoms with Gasteiger partial charge in [-0.2, -0.15) is 0 Å². The first kappa shape index (κ1) is 18.8. The molecule has 0 amide bonds. The average Bonchev–Trinajstić information content (AvgIpc) is 3.05. The van der Waals surface area contributed by atoms with Crippen molar-refractivity contribution in [3.8, 4) is 11.5 Å². The Morgan fingerprint density at radius 2 is 1.85 bits per heavy atom. The largest absolute Gasteiger partial charge is 0.493 e. The summed E-state index contributed by atoms with van der Waals surface area (Å²) in [5.74, 6) is 1.11. The van der Waals surface area contributed by atoms with Gasteiger partial charge < -0.3 is 9.47 Å². The Labute approximate surface area is 160 Å². The Hall–Kier alpha value is -3.00. The maximum absolute atomic E-state index is 12.5. The first-order valence-electron chi connectivity index (χ1n) is 8.19. The van der Waals surface area contributed by atoms with Crippen LogP contribution < -0.4 is 15.2 Å². The van der Waals surface area contributed by atoms with Gasteiger partial charge in [0.2, 0.25) is 0 Å². The van der Waals surface area contributed by atoms with Gasteiger partial charge in [-0.25, -0.2) is 9.89 Å². The van der Waals surface area contributed by atoms with Gasteiger partial charge in [0, 0.05) is 5.56 Å². The summed E-state index contributed by atoms with van der Waals surface area (Å²) in [4.78, 5) is 24.5. The van der Waals surface area contributed by atoms with Gasteiger partial charge in [0.15, 0.2) is 22.4 Å². The van der Waals surface area contributed by atoms with E-state index in [0.717, 1.165) is 5.56 Å². The van der Waals surface area contributed by atoms with Crippen molar-refractivity contribution in [1.29, 1.82) is 0 Å². The van der Waals surface area contributed by atoms with Crippen LogP contribution >= 0.6 is 11.8 Å². The minimum atomic E-state index is -0.306. The van der Waals surface area contributed by atoms with E-state index in [9.17, 15) is 9.59 Å². The molecule has 0 bridgehead atoms. The van der Waals surface area contributed by atoms with E-state index in [4.69, 9.17) is 9.47 Å². The molecule has 1 N–H and O–H groups in total. The first-order valence-corrected chi connectivity index (χ1v) is 9.18. The first-order chi connectivity index (χ1) is 13.1. The summed E-state index contributed by atoms with van der Waals surface area (Å²) in [5.41, 5.74) is 1.18. The van der Waals surface area contributed by atoms with Crippen molar-refractivity contribution in [3.05, 3.63) is 70.1 Å². The summed E-state index contributed by atoms with van der Waals surface area (Å²) in [6.07, 6.45) is 0. The lowest BCUT2D eigenvalue weighted by molar-refractivity contribution is 0.102. The predicted octanol–water partition coefficient (Wildman–Crippen LogP) is 2.61. The van der Waals surface area contributed by atoms with E-state index >= 15 is 0 Å². The quantitative estimate of drug-likeness (QED) is 0.474. The second kappa shape index (κ2) is 8.59. The van der Waals surface area contributed by atoms with Crippen LogP contribution in [0.5, 0.6) is 11.5 Å². The van der Waals surface area contributed by atoms with Gasteiger partial charge in [0.25, 0.3) is 0 Å². The van der Waals surface area contributed by atoms with Gasteiger partial charge in [-0.1, -0.05) is 42.1 Å². The number of methoxy groups -OCH3 is 2. The molecule has 0 spiro atoms. The van der Waals surface area contributed by atoms with Crippen LogP contribution in [0.2, 0.25) is 0 Å². The number of carbonyl (C=O) groups excluding carboxylic acids is 1. The zero-order chi connectivity index (χ0) is 19.2. The smallest absolute Gasteiger partial charge is 0.344 e. The highest BCUT2D eigenvalue weighted by Crippen LogP contribution is 2.28. The number of nitrogens with zero attached hydrogens (tertiary/aromatic N) is 2. The Bertz CT molecular complexity index is 982. The topological polar surface area (TPSA) is 86.2 Å². The Morgan fingerprint density at radius 1 is 1.11 bits per heavy atom. The fourth-order valence-corrected chi connectivity index (χ4v) is 3.38. The molecule has 8 heteroatoms. The second-order valence-electron chi connectivity index (χ2n) is 5.66. The SMILES string of the molecule is COc1ccc(C(=O)CSc2n[nH]c(=O)n2Cc2ccccc2)cc1OC. The van der Waals surface area contributed by atoms with E-state index in [0.29, 0.717) is 28.8 Å². The van der Waals surface area contributed by atoms with Gasteiger partial charge >= 0.3 is 5.69 Å². The fourth-order valence-electron chi connectivity index (χ4n) is 2.54. The van der Waals surface area contributed by atoms with Crippen LogP contribution in [0.25, 0.3) is 0 Å². The van der Waals surface area contributed by atoms with E-state index < -0.39 is 0 Å². The molecule has 7 nitrogen and oxygen atoms in total. The van der Waals surface area contributed by atoms with Crippen molar-refractivity contribution in [2.45, 2.75) is 11.7 Å². The molecule has 0 aliphatic carbocycles. The number of aromatic amines is 1. The zero-order valence-electron chi connectivity index (χ0n) is 15.0. The molecule has 3 aromatic rings. The molecular weight excluding hydrogens is 366 g/mol. The normalized spacial score (nSPS) is 10.6. The van der Waals surface area contributed by atoms with Gasteiger partial charge in [-0.3, -0.25) is 9.36 Å². The van der Waals surface area contributed by atoms with E-state index in [1.165, 1.54) is 23.4 Å². The van der Waals surface area contributed by atoms with E-state index in [2.05, 4.69) is 10.2 Å². The summed E-state index contributed by atoms with van der Waals surface area (Å²) in [5, 5.41) is 6.94. The van der Waals surface area contributed by atoms with Gasteiger partial charge in [0.05, 0.1) is 26.5 Å². The average molecular weight is 385 g/mol. The molecule has 3 rings (SSSR count). The van der Waals surface area contributed by atoms with Crippen LogP contribution in [-0.4, -0.2) is 40.5 Å². The highest BCUT2D eigenvalue weighted by molar-refractivity contribution is 7.99.